The number of hydrogen-bond donors (Lipinski definition) is 2. The van der Waals surface area contributed by atoms with Crippen LogP contribution in [0.25, 0.3) is 0 Å². The molecule has 0 saturated heterocycles. The molecule has 5 nitrogen and oxygen atoms in total. The van der Waals surface area contributed by atoms with Crippen LogP contribution >= 0.6 is 0 Å². The number of rotatable bonds is 7. The minimum atomic E-state index is -4.82. The van der Waals surface area contributed by atoms with Crippen LogP contribution in [0.15, 0.2) is 36.7 Å². The number of benzene rings is 1. The summed E-state index contributed by atoms with van der Waals surface area (Å²) in [4.78, 5) is 3.66. The van der Waals surface area contributed by atoms with Crippen LogP contribution in [0.1, 0.15) is 17.8 Å². The van der Waals surface area contributed by atoms with E-state index < -0.39 is 24.0 Å². The van der Waals surface area contributed by atoms with Crippen molar-refractivity contribution in [3.05, 3.63) is 48.0 Å². The number of aliphatic hydroxyl groups is 1. The first kappa shape index (κ1) is 18.3. The summed E-state index contributed by atoms with van der Waals surface area (Å²) in [6.07, 6.45) is -2.77. The number of imidazole rings is 1. The van der Waals surface area contributed by atoms with Gasteiger partial charge in [-0.25, -0.2) is 4.98 Å². The van der Waals surface area contributed by atoms with E-state index in [2.05, 4.69) is 10.3 Å². The Hall–Kier alpha value is -2.06. The van der Waals surface area contributed by atoms with Crippen LogP contribution in [-0.4, -0.2) is 34.5 Å². The molecule has 1 aromatic carbocycles. The van der Waals surface area contributed by atoms with E-state index in [0.29, 0.717) is 12.3 Å². The quantitative estimate of drug-likeness (QED) is 0.758. The molecule has 132 valence electrons. The average Bonchev–Trinajstić information content (AvgIpc) is 2.97. The Morgan fingerprint density at radius 3 is 2.58 bits per heavy atom. The summed E-state index contributed by atoms with van der Waals surface area (Å²) in [6.45, 7) is 0.291. The lowest BCUT2D eigenvalue weighted by molar-refractivity contribution is -0.272. The van der Waals surface area contributed by atoms with Gasteiger partial charge in [0.05, 0.1) is 7.11 Å². The number of aromatic nitrogens is 2. The Kier molecular flexibility index (Phi) is 5.51. The maximum atomic E-state index is 13.4. The first-order valence-corrected chi connectivity index (χ1v) is 7.39. The Balaban J connectivity index is 2.03. The van der Waals surface area contributed by atoms with Gasteiger partial charge in [-0.3, -0.25) is 0 Å². The molecule has 1 unspecified atom stereocenters. The predicted molar refractivity (Wildman–Crippen MR) is 82.5 cm³/mol. The SMILES string of the molecule is COc1ccccc1CNCCC(O)(c1nccn1C)C(F)(F)F. The molecule has 1 atom stereocenters. The summed E-state index contributed by atoms with van der Waals surface area (Å²) in [5, 5.41) is 13.1. The minimum absolute atomic E-state index is 0.0408. The fraction of sp³-hybridized carbons (Fsp3) is 0.438. The lowest BCUT2D eigenvalue weighted by Gasteiger charge is -2.30. The lowest BCUT2D eigenvalue weighted by atomic mass is 9.97. The summed E-state index contributed by atoms with van der Waals surface area (Å²) in [7, 11) is 2.95. The molecule has 0 fully saturated rings. The number of para-hydroxylation sites is 1. The maximum Gasteiger partial charge on any atom is 0.424 e. The first-order chi connectivity index (χ1) is 11.3. The van der Waals surface area contributed by atoms with E-state index in [1.165, 1.54) is 31.1 Å². The standard InChI is InChI=1S/C16H20F3N3O2/c1-22-10-9-21-14(22)15(23,16(17,18)19)7-8-20-11-12-5-3-4-6-13(12)24-2/h3-6,9-10,20,23H,7-8,11H2,1-2H3. The van der Waals surface area contributed by atoms with Gasteiger partial charge in [0.1, 0.15) is 11.6 Å². The van der Waals surface area contributed by atoms with Gasteiger partial charge >= 0.3 is 6.18 Å². The molecule has 1 aromatic heterocycles. The highest BCUT2D eigenvalue weighted by Crippen LogP contribution is 2.40. The predicted octanol–water partition coefficient (Wildman–Crippen LogP) is 2.36. The van der Waals surface area contributed by atoms with E-state index in [9.17, 15) is 18.3 Å². The zero-order valence-electron chi connectivity index (χ0n) is 13.5. The van der Waals surface area contributed by atoms with Gasteiger partial charge in [-0.05, 0) is 12.6 Å². The Labute approximate surface area is 138 Å². The second-order valence-electron chi connectivity index (χ2n) is 5.46. The molecule has 0 aliphatic rings. The van der Waals surface area contributed by atoms with Crippen molar-refractivity contribution in [2.24, 2.45) is 7.05 Å². The summed E-state index contributed by atoms with van der Waals surface area (Å²) >= 11 is 0. The molecule has 8 heteroatoms. The molecule has 2 aromatic rings. The van der Waals surface area contributed by atoms with E-state index in [1.54, 1.807) is 6.07 Å². The zero-order valence-corrected chi connectivity index (χ0v) is 13.5. The van der Waals surface area contributed by atoms with Crippen molar-refractivity contribution in [2.45, 2.75) is 24.7 Å². The summed E-state index contributed by atoms with van der Waals surface area (Å²) in [5.74, 6) is 0.231. The van der Waals surface area contributed by atoms with Crippen LogP contribution in [0.2, 0.25) is 0 Å². The highest BCUT2D eigenvalue weighted by molar-refractivity contribution is 5.32. The fourth-order valence-electron chi connectivity index (χ4n) is 2.49. The average molecular weight is 343 g/mol. The molecule has 0 bridgehead atoms. The number of ether oxygens (including phenoxy) is 1. The molecule has 2 rings (SSSR count). The first-order valence-electron chi connectivity index (χ1n) is 7.39. The van der Waals surface area contributed by atoms with E-state index in [4.69, 9.17) is 4.74 Å². The number of alkyl halides is 3. The summed E-state index contributed by atoms with van der Waals surface area (Å²) in [5.41, 5.74) is -2.17. The van der Waals surface area contributed by atoms with E-state index in [0.717, 1.165) is 5.56 Å². The van der Waals surface area contributed by atoms with E-state index in [-0.39, 0.29) is 6.54 Å². The number of halogens is 3. The van der Waals surface area contributed by atoms with Crippen molar-refractivity contribution in [3.8, 4) is 5.75 Å². The van der Waals surface area contributed by atoms with Gasteiger partial charge in [0, 0.05) is 38.0 Å². The molecule has 24 heavy (non-hydrogen) atoms. The van der Waals surface area contributed by atoms with Crippen LogP contribution in [0.5, 0.6) is 5.75 Å². The summed E-state index contributed by atoms with van der Waals surface area (Å²) in [6, 6.07) is 7.22. The van der Waals surface area contributed by atoms with Gasteiger partial charge < -0.3 is 19.7 Å². The number of methoxy groups -OCH3 is 1. The number of aryl methyl sites for hydroxylation is 1. The van der Waals surface area contributed by atoms with Crippen LogP contribution < -0.4 is 10.1 Å². The number of hydrogen-bond acceptors (Lipinski definition) is 4. The molecule has 1 heterocycles. The highest BCUT2D eigenvalue weighted by Gasteiger charge is 2.56. The molecule has 0 aliphatic heterocycles. The molecule has 0 aliphatic carbocycles. The Bertz CT molecular complexity index is 673. The number of nitrogens with one attached hydrogen (secondary N) is 1. The Morgan fingerprint density at radius 2 is 2.00 bits per heavy atom. The van der Waals surface area contributed by atoms with Crippen molar-refractivity contribution >= 4 is 0 Å². The van der Waals surface area contributed by atoms with Gasteiger partial charge in [0.25, 0.3) is 0 Å². The van der Waals surface area contributed by atoms with Gasteiger partial charge in [-0.2, -0.15) is 13.2 Å². The molecule has 0 saturated carbocycles. The number of nitrogens with zero attached hydrogens (tertiary/aromatic N) is 2. The van der Waals surface area contributed by atoms with Crippen molar-refractivity contribution in [3.63, 3.8) is 0 Å². The Morgan fingerprint density at radius 1 is 1.29 bits per heavy atom. The molecular formula is C16H20F3N3O2. The second-order valence-corrected chi connectivity index (χ2v) is 5.46. The van der Waals surface area contributed by atoms with Gasteiger partial charge in [-0.1, -0.05) is 18.2 Å². The second kappa shape index (κ2) is 7.23. The van der Waals surface area contributed by atoms with Crippen molar-refractivity contribution in [1.29, 1.82) is 0 Å². The largest absolute Gasteiger partial charge is 0.496 e. The van der Waals surface area contributed by atoms with Gasteiger partial charge in [0.2, 0.25) is 5.60 Å². The van der Waals surface area contributed by atoms with Crippen molar-refractivity contribution in [1.82, 2.24) is 14.9 Å². The third-order valence-corrected chi connectivity index (χ3v) is 3.83. The van der Waals surface area contributed by atoms with Gasteiger partial charge in [-0.15, -0.1) is 0 Å². The monoisotopic (exact) mass is 343 g/mol. The van der Waals surface area contributed by atoms with Crippen LogP contribution in [0.3, 0.4) is 0 Å². The molecule has 0 radical (unpaired) electrons. The van der Waals surface area contributed by atoms with Crippen LogP contribution in [-0.2, 0) is 19.2 Å². The van der Waals surface area contributed by atoms with Gasteiger partial charge in [0.15, 0.2) is 0 Å². The topological polar surface area (TPSA) is 59.3 Å². The smallest absolute Gasteiger partial charge is 0.424 e. The van der Waals surface area contributed by atoms with Crippen LogP contribution in [0, 0.1) is 0 Å². The molecular weight excluding hydrogens is 323 g/mol. The minimum Gasteiger partial charge on any atom is -0.496 e. The molecule has 0 amide bonds. The van der Waals surface area contributed by atoms with E-state index in [1.807, 2.05) is 18.2 Å². The fourth-order valence-corrected chi connectivity index (χ4v) is 2.49. The van der Waals surface area contributed by atoms with E-state index >= 15 is 0 Å². The third kappa shape index (κ3) is 3.70. The summed E-state index contributed by atoms with van der Waals surface area (Å²) < 4.78 is 46.5. The molecule has 0 spiro atoms. The highest BCUT2D eigenvalue weighted by atomic mass is 19.4. The third-order valence-electron chi connectivity index (χ3n) is 3.83. The maximum absolute atomic E-state index is 13.4. The normalized spacial score (nSPS) is 14.4. The molecule has 2 N–H and O–H groups in total. The lowest BCUT2D eigenvalue weighted by Crippen LogP contribution is -2.46. The van der Waals surface area contributed by atoms with Crippen molar-refractivity contribution < 1.29 is 23.0 Å². The van der Waals surface area contributed by atoms with Crippen LogP contribution in [0.4, 0.5) is 13.2 Å². The zero-order chi connectivity index (χ0) is 17.8. The van der Waals surface area contributed by atoms with Crippen molar-refractivity contribution in [2.75, 3.05) is 13.7 Å².